The number of rotatable bonds is 4. The quantitative estimate of drug-likeness (QED) is 0.653. The van der Waals surface area contributed by atoms with Crippen LogP contribution in [0, 0.1) is 6.92 Å². The van der Waals surface area contributed by atoms with E-state index in [1.165, 1.54) is 6.07 Å². The van der Waals surface area contributed by atoms with Crippen LogP contribution in [0.4, 0.5) is 24.7 Å². The van der Waals surface area contributed by atoms with E-state index in [2.05, 4.69) is 20.3 Å². The Balaban J connectivity index is 1.96. The molecule has 0 aliphatic heterocycles. The van der Waals surface area contributed by atoms with Crippen LogP contribution in [0.3, 0.4) is 0 Å². The number of ether oxygens (including phenoxy) is 1. The van der Waals surface area contributed by atoms with Crippen molar-refractivity contribution in [3.05, 3.63) is 58.9 Å². The summed E-state index contributed by atoms with van der Waals surface area (Å²) in [5.41, 5.74) is 0.512. The maximum absolute atomic E-state index is 12.7. The van der Waals surface area contributed by atoms with E-state index in [-0.39, 0.29) is 11.5 Å². The third-order valence-electron chi connectivity index (χ3n) is 3.67. The standard InChI is InChI=1S/C18H14ClF3N4O/c1-10-15(19)17(25-12-4-3-5-13(8-12)27-2)26-16(24-10)14-7-6-11(9-23-14)18(20,21)22/h3-9H,1-2H3,(H,24,25,26). The van der Waals surface area contributed by atoms with Crippen LogP contribution in [0.25, 0.3) is 11.5 Å². The number of halogens is 4. The van der Waals surface area contributed by atoms with Crippen LogP contribution in [0.15, 0.2) is 42.6 Å². The molecule has 0 spiro atoms. The molecule has 0 bridgehead atoms. The van der Waals surface area contributed by atoms with E-state index < -0.39 is 11.7 Å². The van der Waals surface area contributed by atoms with Crippen molar-refractivity contribution in [1.82, 2.24) is 15.0 Å². The molecule has 9 heteroatoms. The number of methoxy groups -OCH3 is 1. The Morgan fingerprint density at radius 2 is 1.89 bits per heavy atom. The first-order valence-corrected chi connectivity index (χ1v) is 8.14. The van der Waals surface area contributed by atoms with Gasteiger partial charge >= 0.3 is 6.18 Å². The van der Waals surface area contributed by atoms with E-state index in [4.69, 9.17) is 16.3 Å². The van der Waals surface area contributed by atoms with E-state index in [0.29, 0.717) is 28.0 Å². The molecule has 1 N–H and O–H groups in total. The molecule has 0 aliphatic carbocycles. The Hall–Kier alpha value is -2.87. The zero-order valence-corrected chi connectivity index (χ0v) is 15.1. The molecule has 2 heterocycles. The number of benzene rings is 1. The van der Waals surface area contributed by atoms with Crippen LogP contribution < -0.4 is 10.1 Å². The van der Waals surface area contributed by atoms with Crippen molar-refractivity contribution < 1.29 is 17.9 Å². The molecular formula is C18H14ClF3N4O. The molecule has 0 fully saturated rings. The van der Waals surface area contributed by atoms with Crippen LogP contribution in [-0.2, 0) is 6.18 Å². The van der Waals surface area contributed by atoms with Crippen LogP contribution >= 0.6 is 11.6 Å². The lowest BCUT2D eigenvalue weighted by Gasteiger charge is -2.12. The minimum absolute atomic E-state index is 0.163. The first-order valence-electron chi connectivity index (χ1n) is 7.77. The Morgan fingerprint density at radius 1 is 1.11 bits per heavy atom. The number of hydrogen-bond acceptors (Lipinski definition) is 5. The third kappa shape index (κ3) is 4.28. The number of nitrogens with one attached hydrogen (secondary N) is 1. The summed E-state index contributed by atoms with van der Waals surface area (Å²) >= 11 is 6.27. The van der Waals surface area contributed by atoms with Crippen molar-refractivity contribution in [3.8, 4) is 17.3 Å². The highest BCUT2D eigenvalue weighted by molar-refractivity contribution is 6.33. The topological polar surface area (TPSA) is 59.9 Å². The number of pyridine rings is 1. The van der Waals surface area contributed by atoms with Crippen LogP contribution in [0.2, 0.25) is 5.02 Å². The summed E-state index contributed by atoms with van der Waals surface area (Å²) in [6.45, 7) is 1.67. The highest BCUT2D eigenvalue weighted by Crippen LogP contribution is 2.31. The summed E-state index contributed by atoms with van der Waals surface area (Å²) in [4.78, 5) is 12.4. The van der Waals surface area contributed by atoms with Gasteiger partial charge in [-0.15, -0.1) is 0 Å². The second-order valence-corrected chi connectivity index (χ2v) is 5.96. The number of nitrogens with zero attached hydrogens (tertiary/aromatic N) is 3. The Morgan fingerprint density at radius 3 is 2.52 bits per heavy atom. The lowest BCUT2D eigenvalue weighted by Crippen LogP contribution is -2.06. The Labute approximate surface area is 158 Å². The number of anilines is 2. The lowest BCUT2D eigenvalue weighted by atomic mass is 10.2. The van der Waals surface area contributed by atoms with Crippen molar-refractivity contribution in [2.75, 3.05) is 12.4 Å². The van der Waals surface area contributed by atoms with E-state index in [9.17, 15) is 13.2 Å². The van der Waals surface area contributed by atoms with Gasteiger partial charge < -0.3 is 10.1 Å². The van der Waals surface area contributed by atoms with Gasteiger partial charge in [-0.3, -0.25) is 4.98 Å². The number of hydrogen-bond donors (Lipinski definition) is 1. The fraction of sp³-hybridized carbons (Fsp3) is 0.167. The van der Waals surface area contributed by atoms with Crippen molar-refractivity contribution in [1.29, 1.82) is 0 Å². The molecule has 0 saturated heterocycles. The molecule has 1 aromatic carbocycles. The molecule has 0 unspecified atom stereocenters. The zero-order chi connectivity index (χ0) is 19.6. The minimum atomic E-state index is -4.46. The molecule has 3 rings (SSSR count). The van der Waals surface area contributed by atoms with Gasteiger partial charge in [-0.25, -0.2) is 9.97 Å². The average Bonchev–Trinajstić information content (AvgIpc) is 2.65. The molecule has 0 aliphatic rings. The van der Waals surface area contributed by atoms with Gasteiger partial charge in [0.2, 0.25) is 0 Å². The molecule has 140 valence electrons. The SMILES string of the molecule is COc1cccc(Nc2nc(-c3ccc(C(F)(F)F)cn3)nc(C)c2Cl)c1. The van der Waals surface area contributed by atoms with Gasteiger partial charge in [0.05, 0.1) is 18.4 Å². The normalized spacial score (nSPS) is 11.3. The predicted octanol–water partition coefficient (Wildman–Crippen LogP) is 5.27. The van der Waals surface area contributed by atoms with E-state index >= 15 is 0 Å². The fourth-order valence-electron chi connectivity index (χ4n) is 2.29. The van der Waals surface area contributed by atoms with Crippen LogP contribution in [0.5, 0.6) is 5.75 Å². The summed E-state index contributed by atoms with van der Waals surface area (Å²) in [5, 5.41) is 3.36. The molecule has 2 aromatic heterocycles. The maximum Gasteiger partial charge on any atom is 0.417 e. The van der Waals surface area contributed by atoms with Gasteiger partial charge in [0.15, 0.2) is 11.6 Å². The van der Waals surface area contributed by atoms with E-state index in [0.717, 1.165) is 12.3 Å². The van der Waals surface area contributed by atoms with Gasteiger partial charge in [0.1, 0.15) is 16.5 Å². The number of aromatic nitrogens is 3. The van der Waals surface area contributed by atoms with E-state index in [1.807, 2.05) is 0 Å². The Bertz CT molecular complexity index is 962. The minimum Gasteiger partial charge on any atom is -0.497 e. The van der Waals surface area contributed by atoms with Gasteiger partial charge in [-0.05, 0) is 31.2 Å². The highest BCUT2D eigenvalue weighted by Gasteiger charge is 2.30. The van der Waals surface area contributed by atoms with Crippen molar-refractivity contribution in [3.63, 3.8) is 0 Å². The van der Waals surface area contributed by atoms with E-state index in [1.54, 1.807) is 38.3 Å². The molecule has 0 amide bonds. The van der Waals surface area contributed by atoms with Gasteiger partial charge in [-0.2, -0.15) is 13.2 Å². The summed E-state index contributed by atoms with van der Waals surface area (Å²) in [7, 11) is 1.55. The van der Waals surface area contributed by atoms with Crippen molar-refractivity contribution in [2.24, 2.45) is 0 Å². The van der Waals surface area contributed by atoms with Gasteiger partial charge in [0.25, 0.3) is 0 Å². The summed E-state index contributed by atoms with van der Waals surface area (Å²) in [6.07, 6.45) is -3.71. The summed E-state index contributed by atoms with van der Waals surface area (Å²) in [5.74, 6) is 1.12. The second kappa shape index (κ2) is 7.40. The number of aryl methyl sites for hydroxylation is 1. The van der Waals surface area contributed by atoms with Crippen molar-refractivity contribution >= 4 is 23.1 Å². The maximum atomic E-state index is 12.7. The third-order valence-corrected chi connectivity index (χ3v) is 4.12. The van der Waals surface area contributed by atoms with Gasteiger partial charge in [-0.1, -0.05) is 17.7 Å². The van der Waals surface area contributed by atoms with Gasteiger partial charge in [0, 0.05) is 18.0 Å². The monoisotopic (exact) mass is 394 g/mol. The van der Waals surface area contributed by atoms with Crippen LogP contribution in [0.1, 0.15) is 11.3 Å². The Kier molecular flexibility index (Phi) is 5.18. The van der Waals surface area contributed by atoms with Crippen molar-refractivity contribution in [2.45, 2.75) is 13.1 Å². The lowest BCUT2D eigenvalue weighted by molar-refractivity contribution is -0.137. The smallest absolute Gasteiger partial charge is 0.417 e. The zero-order valence-electron chi connectivity index (χ0n) is 14.3. The first kappa shape index (κ1) is 18.9. The molecule has 0 saturated carbocycles. The summed E-state index contributed by atoms with van der Waals surface area (Å²) < 4.78 is 43.3. The molecular weight excluding hydrogens is 381 g/mol. The average molecular weight is 395 g/mol. The fourth-order valence-corrected chi connectivity index (χ4v) is 2.42. The summed E-state index contributed by atoms with van der Waals surface area (Å²) in [6, 6.07) is 9.29. The van der Waals surface area contributed by atoms with Crippen LogP contribution in [-0.4, -0.2) is 22.1 Å². The number of alkyl halides is 3. The molecule has 0 radical (unpaired) electrons. The molecule has 27 heavy (non-hydrogen) atoms. The molecule has 5 nitrogen and oxygen atoms in total. The second-order valence-electron chi connectivity index (χ2n) is 5.58. The molecule has 0 atom stereocenters. The predicted molar refractivity (Wildman–Crippen MR) is 96.3 cm³/mol. The molecule has 3 aromatic rings. The largest absolute Gasteiger partial charge is 0.497 e. The highest BCUT2D eigenvalue weighted by atomic mass is 35.5. The first-order chi connectivity index (χ1) is 12.8.